The Morgan fingerprint density at radius 2 is 1.96 bits per heavy atom. The summed E-state index contributed by atoms with van der Waals surface area (Å²) < 4.78 is 7.65. The number of hydrogen-bond donors (Lipinski definition) is 1. The van der Waals surface area contributed by atoms with E-state index in [1.54, 1.807) is 18.3 Å². The van der Waals surface area contributed by atoms with Crippen LogP contribution in [0, 0.1) is 0 Å². The maximum atomic E-state index is 11.0. The third kappa shape index (κ3) is 2.01. The molecule has 0 aliphatic heterocycles. The minimum absolute atomic E-state index is 0.270. The number of benzene rings is 1. The topological polar surface area (TPSA) is 76.7 Å². The van der Waals surface area contributed by atoms with Gasteiger partial charge in [0.1, 0.15) is 11.2 Å². The third-order valence-electron chi connectivity index (χ3n) is 4.18. The zero-order valence-electron chi connectivity index (χ0n) is 13.0. The number of aldehydes is 1. The summed E-state index contributed by atoms with van der Waals surface area (Å²) in [4.78, 5) is 23.2. The Kier molecular flexibility index (Phi) is 2.84. The zero-order valence-corrected chi connectivity index (χ0v) is 13.0. The van der Waals surface area contributed by atoms with Crippen LogP contribution < -0.4 is 0 Å². The van der Waals surface area contributed by atoms with E-state index in [2.05, 4.69) is 9.97 Å². The van der Waals surface area contributed by atoms with Gasteiger partial charge < -0.3 is 9.40 Å². The molecule has 5 aromatic rings. The lowest BCUT2D eigenvalue weighted by Gasteiger charge is -2.08. The average molecular weight is 328 g/mol. The van der Waals surface area contributed by atoms with Crippen LogP contribution in [0.15, 0.2) is 65.3 Å². The van der Waals surface area contributed by atoms with Gasteiger partial charge in [0, 0.05) is 17.3 Å². The van der Waals surface area contributed by atoms with Gasteiger partial charge in [-0.2, -0.15) is 0 Å². The Morgan fingerprint density at radius 1 is 1.08 bits per heavy atom. The van der Waals surface area contributed by atoms with Crippen molar-refractivity contribution in [2.75, 3.05) is 0 Å². The van der Waals surface area contributed by atoms with Crippen molar-refractivity contribution in [3.8, 4) is 17.3 Å². The lowest BCUT2D eigenvalue weighted by Crippen LogP contribution is -1.97. The molecular weight excluding hydrogens is 316 g/mol. The van der Waals surface area contributed by atoms with Crippen molar-refractivity contribution in [3.63, 3.8) is 0 Å². The number of carbonyl (C=O) groups excluding carboxylic acids is 1. The van der Waals surface area contributed by atoms with Crippen LogP contribution in [0.1, 0.15) is 10.6 Å². The average Bonchev–Trinajstić information content (AvgIpc) is 3.38. The maximum Gasteiger partial charge on any atom is 0.185 e. The number of hydrogen-bond acceptors (Lipinski definition) is 4. The molecule has 0 aliphatic rings. The van der Waals surface area contributed by atoms with E-state index in [1.165, 1.54) is 0 Å². The number of fused-ring (bicyclic) bond motifs is 3. The number of nitrogens with zero attached hydrogens (tertiary/aromatic N) is 3. The summed E-state index contributed by atoms with van der Waals surface area (Å²) in [5.74, 6) is 1.43. The van der Waals surface area contributed by atoms with Gasteiger partial charge in [0.2, 0.25) is 0 Å². The first-order valence-electron chi connectivity index (χ1n) is 7.80. The fraction of sp³-hybridized carbons (Fsp3) is 0. The first-order valence-corrected chi connectivity index (χ1v) is 7.80. The Labute approximate surface area is 141 Å². The minimum Gasteiger partial charge on any atom is -0.450 e. The Bertz CT molecular complexity index is 1210. The zero-order chi connectivity index (χ0) is 16.8. The molecule has 4 aromatic heterocycles. The number of nitrogens with one attached hydrogen (secondary N) is 1. The molecule has 6 nitrogen and oxygen atoms in total. The fourth-order valence-electron chi connectivity index (χ4n) is 3.10. The Hall–Kier alpha value is -3.67. The highest BCUT2D eigenvalue weighted by Gasteiger charge is 2.19. The minimum atomic E-state index is 0.270. The molecule has 120 valence electrons. The molecule has 0 fully saturated rings. The number of rotatable bonds is 3. The summed E-state index contributed by atoms with van der Waals surface area (Å²) in [6.07, 6.45) is 4.28. The van der Waals surface area contributed by atoms with Gasteiger partial charge >= 0.3 is 0 Å². The molecule has 0 saturated carbocycles. The highest BCUT2D eigenvalue weighted by molar-refractivity contribution is 6.03. The van der Waals surface area contributed by atoms with E-state index in [9.17, 15) is 4.79 Å². The van der Waals surface area contributed by atoms with Crippen LogP contribution in [0.25, 0.3) is 39.3 Å². The summed E-state index contributed by atoms with van der Waals surface area (Å²) in [7, 11) is 0. The molecule has 0 spiro atoms. The monoisotopic (exact) mass is 328 g/mol. The van der Waals surface area contributed by atoms with E-state index in [1.807, 2.05) is 47.2 Å². The SMILES string of the molecule is O=Cc1ccc(-c2nc3cnc4[nH]ccc4c3n2-c2ccccc2)o1. The van der Waals surface area contributed by atoms with Crippen LogP contribution >= 0.6 is 0 Å². The fourth-order valence-corrected chi connectivity index (χ4v) is 3.10. The number of carbonyl (C=O) groups is 1. The van der Waals surface area contributed by atoms with E-state index in [0.717, 1.165) is 27.8 Å². The van der Waals surface area contributed by atoms with E-state index in [4.69, 9.17) is 9.40 Å². The van der Waals surface area contributed by atoms with Crippen LogP contribution in [0.2, 0.25) is 0 Å². The summed E-state index contributed by atoms with van der Waals surface area (Å²) in [6, 6.07) is 15.3. The van der Waals surface area contributed by atoms with Crippen molar-refractivity contribution in [3.05, 3.63) is 66.7 Å². The molecule has 0 radical (unpaired) electrons. The second-order valence-corrected chi connectivity index (χ2v) is 5.66. The highest BCUT2D eigenvalue weighted by atomic mass is 16.3. The van der Waals surface area contributed by atoms with Crippen molar-refractivity contribution >= 4 is 28.4 Å². The molecular formula is C19H12N4O2. The van der Waals surface area contributed by atoms with Crippen molar-refractivity contribution in [1.82, 2.24) is 19.5 Å². The number of aromatic amines is 1. The standard InChI is InChI=1S/C19H12N4O2/c24-11-13-6-7-16(25-13)19-22-15-10-21-18-14(8-9-20-18)17(15)23(19)12-4-2-1-3-5-12/h1-11H,(H,20,21). The lowest BCUT2D eigenvalue weighted by atomic mass is 10.2. The van der Waals surface area contributed by atoms with Gasteiger partial charge in [0.25, 0.3) is 0 Å². The van der Waals surface area contributed by atoms with Gasteiger partial charge in [-0.25, -0.2) is 9.97 Å². The van der Waals surface area contributed by atoms with Gasteiger partial charge in [0.05, 0.1) is 11.7 Å². The normalized spacial score (nSPS) is 11.4. The molecule has 0 aliphatic carbocycles. The van der Waals surface area contributed by atoms with Crippen LogP contribution in [0.4, 0.5) is 0 Å². The van der Waals surface area contributed by atoms with Crippen LogP contribution in [0.5, 0.6) is 0 Å². The van der Waals surface area contributed by atoms with Crippen molar-refractivity contribution < 1.29 is 9.21 Å². The van der Waals surface area contributed by atoms with E-state index >= 15 is 0 Å². The second-order valence-electron chi connectivity index (χ2n) is 5.66. The van der Waals surface area contributed by atoms with Crippen LogP contribution in [0.3, 0.4) is 0 Å². The lowest BCUT2D eigenvalue weighted by molar-refractivity contribution is 0.110. The summed E-state index contributed by atoms with van der Waals surface area (Å²) in [6.45, 7) is 0. The molecule has 0 bridgehead atoms. The van der Waals surface area contributed by atoms with Crippen molar-refractivity contribution in [2.45, 2.75) is 0 Å². The van der Waals surface area contributed by atoms with E-state index in [0.29, 0.717) is 17.9 Å². The molecule has 6 heteroatoms. The number of furan rings is 1. The molecule has 0 atom stereocenters. The number of H-pyrrole nitrogens is 1. The van der Waals surface area contributed by atoms with Gasteiger partial charge in [0.15, 0.2) is 23.6 Å². The first-order chi connectivity index (χ1) is 12.3. The van der Waals surface area contributed by atoms with Crippen molar-refractivity contribution in [1.29, 1.82) is 0 Å². The molecule has 0 amide bonds. The van der Waals surface area contributed by atoms with Crippen molar-refractivity contribution in [2.24, 2.45) is 0 Å². The Balaban J connectivity index is 1.92. The number of para-hydroxylation sites is 1. The molecule has 0 unspecified atom stereocenters. The van der Waals surface area contributed by atoms with Gasteiger partial charge in [-0.1, -0.05) is 18.2 Å². The van der Waals surface area contributed by atoms with Crippen LogP contribution in [-0.2, 0) is 0 Å². The van der Waals surface area contributed by atoms with Crippen LogP contribution in [-0.4, -0.2) is 25.8 Å². The summed E-state index contributed by atoms with van der Waals surface area (Å²) >= 11 is 0. The molecule has 25 heavy (non-hydrogen) atoms. The van der Waals surface area contributed by atoms with E-state index in [-0.39, 0.29) is 5.76 Å². The van der Waals surface area contributed by atoms with Gasteiger partial charge in [-0.3, -0.25) is 9.36 Å². The number of pyridine rings is 1. The number of imidazole rings is 1. The largest absolute Gasteiger partial charge is 0.450 e. The summed E-state index contributed by atoms with van der Waals surface area (Å²) in [5, 5.41) is 0.974. The van der Waals surface area contributed by atoms with E-state index < -0.39 is 0 Å². The third-order valence-corrected chi connectivity index (χ3v) is 4.18. The summed E-state index contributed by atoms with van der Waals surface area (Å²) in [5.41, 5.74) is 3.45. The first kappa shape index (κ1) is 13.7. The molecule has 5 rings (SSSR count). The second kappa shape index (κ2) is 5.17. The smallest absolute Gasteiger partial charge is 0.185 e. The van der Waals surface area contributed by atoms with Gasteiger partial charge in [-0.05, 0) is 30.3 Å². The quantitative estimate of drug-likeness (QED) is 0.508. The Morgan fingerprint density at radius 3 is 2.76 bits per heavy atom. The molecule has 1 N–H and O–H groups in total. The van der Waals surface area contributed by atoms with Gasteiger partial charge in [-0.15, -0.1) is 0 Å². The molecule has 1 aromatic carbocycles. The molecule has 4 heterocycles. The maximum absolute atomic E-state index is 11.0. The predicted molar refractivity (Wildman–Crippen MR) is 93.8 cm³/mol. The molecule has 0 saturated heterocycles. The predicted octanol–water partition coefficient (Wildman–Crippen LogP) is 3.97. The number of aromatic nitrogens is 4. The highest BCUT2D eigenvalue weighted by Crippen LogP contribution is 2.32.